The van der Waals surface area contributed by atoms with Gasteiger partial charge in [-0.3, -0.25) is 14.0 Å². The van der Waals surface area contributed by atoms with E-state index in [0.717, 1.165) is 33.7 Å². The SMILES string of the molecule is COc1cccc(-n2ccnc2SCC(=O)Nc2c(C)nn(C)c2C)c1. The Bertz CT molecular complexity index is 932. The van der Waals surface area contributed by atoms with E-state index in [1.54, 1.807) is 18.0 Å². The van der Waals surface area contributed by atoms with E-state index >= 15 is 0 Å². The second-order valence-corrected chi connectivity index (χ2v) is 6.73. The molecule has 2 aromatic heterocycles. The van der Waals surface area contributed by atoms with E-state index < -0.39 is 0 Å². The second-order valence-electron chi connectivity index (χ2n) is 5.79. The van der Waals surface area contributed by atoms with Crippen molar-refractivity contribution in [2.45, 2.75) is 19.0 Å². The first-order chi connectivity index (χ1) is 12.5. The Hall–Kier alpha value is -2.74. The summed E-state index contributed by atoms with van der Waals surface area (Å²) in [6.07, 6.45) is 3.58. The highest BCUT2D eigenvalue weighted by atomic mass is 32.2. The average molecular weight is 371 g/mol. The fourth-order valence-corrected chi connectivity index (χ4v) is 3.39. The Kier molecular flexibility index (Phi) is 5.32. The largest absolute Gasteiger partial charge is 0.497 e. The van der Waals surface area contributed by atoms with Gasteiger partial charge in [-0.2, -0.15) is 5.10 Å². The van der Waals surface area contributed by atoms with E-state index in [0.29, 0.717) is 0 Å². The molecule has 1 N–H and O–H groups in total. The molecule has 0 unspecified atom stereocenters. The third-order valence-electron chi connectivity index (χ3n) is 4.04. The zero-order chi connectivity index (χ0) is 18.7. The molecule has 0 aliphatic carbocycles. The molecule has 8 heteroatoms. The summed E-state index contributed by atoms with van der Waals surface area (Å²) in [5.41, 5.74) is 3.44. The number of imidazole rings is 1. The van der Waals surface area contributed by atoms with Crippen LogP contribution in [-0.2, 0) is 11.8 Å². The lowest BCUT2D eigenvalue weighted by Crippen LogP contribution is -2.15. The smallest absolute Gasteiger partial charge is 0.234 e. The topological polar surface area (TPSA) is 74.0 Å². The van der Waals surface area contributed by atoms with Crippen LogP contribution >= 0.6 is 11.8 Å². The van der Waals surface area contributed by atoms with Crippen LogP contribution in [0.2, 0.25) is 0 Å². The van der Waals surface area contributed by atoms with Gasteiger partial charge >= 0.3 is 0 Å². The molecule has 1 amide bonds. The van der Waals surface area contributed by atoms with E-state index in [4.69, 9.17) is 4.74 Å². The van der Waals surface area contributed by atoms with Crippen LogP contribution in [0.15, 0.2) is 41.8 Å². The van der Waals surface area contributed by atoms with Crippen LogP contribution in [0.1, 0.15) is 11.4 Å². The summed E-state index contributed by atoms with van der Waals surface area (Å²) in [7, 11) is 3.49. The molecule has 7 nitrogen and oxygen atoms in total. The lowest BCUT2D eigenvalue weighted by molar-refractivity contribution is -0.113. The molecule has 0 atom stereocenters. The highest BCUT2D eigenvalue weighted by Gasteiger charge is 2.14. The predicted octanol–water partition coefficient (Wildman–Crippen LogP) is 2.96. The molecule has 2 heterocycles. The first-order valence-corrected chi connectivity index (χ1v) is 9.08. The van der Waals surface area contributed by atoms with Crippen molar-refractivity contribution < 1.29 is 9.53 Å². The number of carbonyl (C=O) groups is 1. The Labute approximate surface area is 156 Å². The summed E-state index contributed by atoms with van der Waals surface area (Å²) in [4.78, 5) is 16.7. The lowest BCUT2D eigenvalue weighted by Gasteiger charge is -2.09. The summed E-state index contributed by atoms with van der Waals surface area (Å²) >= 11 is 1.38. The monoisotopic (exact) mass is 371 g/mol. The number of benzene rings is 1. The molecule has 3 rings (SSSR count). The maximum absolute atomic E-state index is 12.3. The van der Waals surface area contributed by atoms with Crippen LogP contribution in [-0.4, -0.2) is 38.1 Å². The first kappa shape index (κ1) is 18.1. The van der Waals surface area contributed by atoms with E-state index in [1.165, 1.54) is 11.8 Å². The number of amides is 1. The van der Waals surface area contributed by atoms with Gasteiger partial charge in [-0.15, -0.1) is 0 Å². The number of methoxy groups -OCH3 is 1. The van der Waals surface area contributed by atoms with Crippen LogP contribution in [0.5, 0.6) is 5.75 Å². The number of nitrogens with zero attached hydrogens (tertiary/aromatic N) is 4. The number of nitrogens with one attached hydrogen (secondary N) is 1. The summed E-state index contributed by atoms with van der Waals surface area (Å²) in [6.45, 7) is 3.81. The Morgan fingerprint density at radius 3 is 2.85 bits per heavy atom. The quantitative estimate of drug-likeness (QED) is 0.675. The number of aromatic nitrogens is 4. The number of rotatable bonds is 6. The van der Waals surface area contributed by atoms with E-state index in [1.807, 2.05) is 55.9 Å². The van der Waals surface area contributed by atoms with Crippen LogP contribution < -0.4 is 10.1 Å². The fraction of sp³-hybridized carbons (Fsp3) is 0.278. The van der Waals surface area contributed by atoms with Crippen molar-refractivity contribution in [1.82, 2.24) is 19.3 Å². The summed E-state index contributed by atoms with van der Waals surface area (Å²) in [5, 5.41) is 7.99. The molecule has 1 aromatic carbocycles. The van der Waals surface area contributed by atoms with Gasteiger partial charge in [0.25, 0.3) is 0 Å². The number of hydrogen-bond donors (Lipinski definition) is 1. The van der Waals surface area contributed by atoms with Gasteiger partial charge in [0.2, 0.25) is 5.91 Å². The maximum atomic E-state index is 12.3. The normalized spacial score (nSPS) is 10.8. The molecule has 136 valence electrons. The minimum absolute atomic E-state index is 0.0885. The highest BCUT2D eigenvalue weighted by molar-refractivity contribution is 7.99. The van der Waals surface area contributed by atoms with Gasteiger partial charge in [0, 0.05) is 25.5 Å². The molecule has 0 saturated heterocycles. The van der Waals surface area contributed by atoms with E-state index in [2.05, 4.69) is 15.4 Å². The van der Waals surface area contributed by atoms with Crippen molar-refractivity contribution in [3.63, 3.8) is 0 Å². The Balaban J connectivity index is 1.69. The average Bonchev–Trinajstić information content (AvgIpc) is 3.20. The predicted molar refractivity (Wildman–Crippen MR) is 102 cm³/mol. The van der Waals surface area contributed by atoms with Crippen LogP contribution in [0.25, 0.3) is 5.69 Å². The van der Waals surface area contributed by atoms with Crippen molar-refractivity contribution in [3.8, 4) is 11.4 Å². The van der Waals surface area contributed by atoms with Gasteiger partial charge in [0.15, 0.2) is 5.16 Å². The molecule has 0 aliphatic rings. The van der Waals surface area contributed by atoms with Crippen molar-refractivity contribution in [2.24, 2.45) is 7.05 Å². The minimum atomic E-state index is -0.0885. The van der Waals surface area contributed by atoms with E-state index in [9.17, 15) is 4.79 Å². The number of hydrogen-bond acceptors (Lipinski definition) is 5. The number of anilines is 1. The van der Waals surface area contributed by atoms with Gasteiger partial charge in [-0.05, 0) is 26.0 Å². The molecule has 0 spiro atoms. The molecule has 0 bridgehead atoms. The summed E-state index contributed by atoms with van der Waals surface area (Å²) in [6, 6.07) is 7.70. The highest BCUT2D eigenvalue weighted by Crippen LogP contribution is 2.24. The number of aryl methyl sites for hydroxylation is 2. The fourth-order valence-electron chi connectivity index (χ4n) is 2.61. The number of carbonyl (C=O) groups excluding carboxylic acids is 1. The molecule has 26 heavy (non-hydrogen) atoms. The third kappa shape index (κ3) is 3.75. The molecule has 0 fully saturated rings. The van der Waals surface area contributed by atoms with Crippen LogP contribution in [0.3, 0.4) is 0 Å². The van der Waals surface area contributed by atoms with Crippen molar-refractivity contribution in [2.75, 3.05) is 18.2 Å². The standard InChI is InChI=1S/C18H21N5O2S/c1-12-17(13(2)22(3)21-12)20-16(24)11-26-18-19-8-9-23(18)14-6-5-7-15(10-14)25-4/h5-10H,11H2,1-4H3,(H,20,24). The zero-order valence-corrected chi connectivity index (χ0v) is 16.0. The first-order valence-electron chi connectivity index (χ1n) is 8.10. The Morgan fingerprint density at radius 2 is 2.15 bits per heavy atom. The zero-order valence-electron chi connectivity index (χ0n) is 15.2. The van der Waals surface area contributed by atoms with Gasteiger partial charge in [-0.25, -0.2) is 4.98 Å². The van der Waals surface area contributed by atoms with Crippen molar-refractivity contribution in [1.29, 1.82) is 0 Å². The van der Waals surface area contributed by atoms with Crippen LogP contribution in [0, 0.1) is 13.8 Å². The number of thioether (sulfide) groups is 1. The molecule has 0 aliphatic heterocycles. The van der Waals surface area contributed by atoms with Gasteiger partial charge in [0.05, 0.1) is 35.6 Å². The van der Waals surface area contributed by atoms with Crippen molar-refractivity contribution in [3.05, 3.63) is 48.0 Å². The second kappa shape index (κ2) is 7.65. The van der Waals surface area contributed by atoms with Gasteiger partial charge < -0.3 is 10.1 Å². The maximum Gasteiger partial charge on any atom is 0.234 e. The van der Waals surface area contributed by atoms with Gasteiger partial charge in [0.1, 0.15) is 5.75 Å². The van der Waals surface area contributed by atoms with E-state index in [-0.39, 0.29) is 11.7 Å². The molecule has 3 aromatic rings. The summed E-state index contributed by atoms with van der Waals surface area (Å²) in [5.74, 6) is 0.941. The molecular formula is C18H21N5O2S. The minimum Gasteiger partial charge on any atom is -0.497 e. The van der Waals surface area contributed by atoms with Crippen molar-refractivity contribution >= 4 is 23.4 Å². The van der Waals surface area contributed by atoms with Crippen LogP contribution in [0.4, 0.5) is 5.69 Å². The third-order valence-corrected chi connectivity index (χ3v) is 5.01. The van der Waals surface area contributed by atoms with Gasteiger partial charge in [-0.1, -0.05) is 17.8 Å². The molecule has 0 radical (unpaired) electrons. The molecule has 0 saturated carbocycles. The lowest BCUT2D eigenvalue weighted by atomic mass is 10.3. The Morgan fingerprint density at radius 1 is 1.35 bits per heavy atom. The molecular weight excluding hydrogens is 350 g/mol. The number of ether oxygens (including phenoxy) is 1. The summed E-state index contributed by atoms with van der Waals surface area (Å²) < 4.78 is 8.96.